The average Bonchev–Trinajstić information content (AvgIpc) is 2.97. The molecule has 1 heterocycles. The number of hydrogen-bond donors (Lipinski definition) is 1. The predicted octanol–water partition coefficient (Wildman–Crippen LogP) is 3.84. The third-order valence-electron chi connectivity index (χ3n) is 5.62. The number of rotatable bonds is 4. The Morgan fingerprint density at radius 1 is 1.13 bits per heavy atom. The minimum absolute atomic E-state index is 0.412. The van der Waals surface area contributed by atoms with Crippen molar-refractivity contribution in [3.05, 3.63) is 29.3 Å². The summed E-state index contributed by atoms with van der Waals surface area (Å²) in [6.45, 7) is 6.72. The average molecular weight is 317 g/mol. The van der Waals surface area contributed by atoms with Gasteiger partial charge in [-0.05, 0) is 64.1 Å². The molecule has 0 amide bonds. The topological polar surface area (TPSA) is 32.7 Å². The molecule has 2 fully saturated rings. The molecule has 1 saturated carbocycles. The molecule has 0 aromatic heterocycles. The monoisotopic (exact) mass is 317 g/mol. The normalized spacial score (nSPS) is 27.1. The first-order valence-corrected chi connectivity index (χ1v) is 9.22. The number of ether oxygens (including phenoxy) is 1. The number of hydrogen-bond acceptors (Lipinski definition) is 3. The smallest absolute Gasteiger partial charge is 0.122 e. The lowest BCUT2D eigenvalue weighted by Gasteiger charge is -2.29. The Morgan fingerprint density at radius 2 is 1.91 bits per heavy atom. The number of nitrogens with zero attached hydrogens (tertiary/aromatic N) is 1. The number of likely N-dealkylation sites (tertiary alicyclic amines) is 1. The summed E-state index contributed by atoms with van der Waals surface area (Å²) < 4.78 is 5.98. The maximum Gasteiger partial charge on any atom is 0.122 e. The number of aryl methyl sites for hydroxylation is 2. The molecule has 0 spiro atoms. The Morgan fingerprint density at radius 3 is 2.65 bits per heavy atom. The lowest BCUT2D eigenvalue weighted by atomic mass is 9.96. The van der Waals surface area contributed by atoms with Crippen LogP contribution in [0.2, 0.25) is 0 Å². The molecule has 3 rings (SSSR count). The Balaban J connectivity index is 1.56. The fourth-order valence-corrected chi connectivity index (χ4v) is 4.15. The van der Waals surface area contributed by atoms with E-state index in [1.165, 1.54) is 31.2 Å². The first-order valence-electron chi connectivity index (χ1n) is 9.22. The third kappa shape index (κ3) is 4.27. The van der Waals surface area contributed by atoms with Gasteiger partial charge in [0.2, 0.25) is 0 Å². The minimum Gasteiger partial charge on any atom is -0.490 e. The summed E-state index contributed by atoms with van der Waals surface area (Å²) in [6, 6.07) is 6.99. The zero-order chi connectivity index (χ0) is 16.3. The van der Waals surface area contributed by atoms with Crippen molar-refractivity contribution in [3.63, 3.8) is 0 Å². The molecule has 1 aromatic carbocycles. The molecule has 3 heteroatoms. The van der Waals surface area contributed by atoms with E-state index in [1.54, 1.807) is 0 Å². The molecule has 0 bridgehead atoms. The maximum atomic E-state index is 11.0. The van der Waals surface area contributed by atoms with Gasteiger partial charge in [0, 0.05) is 12.6 Å². The molecule has 1 aliphatic heterocycles. The van der Waals surface area contributed by atoms with Gasteiger partial charge in [-0.3, -0.25) is 0 Å². The first kappa shape index (κ1) is 16.8. The molecular weight excluding hydrogens is 286 g/mol. The highest BCUT2D eigenvalue weighted by atomic mass is 16.5. The van der Waals surface area contributed by atoms with E-state index in [1.807, 2.05) is 6.07 Å². The molecule has 3 nitrogen and oxygen atoms in total. The molecule has 1 aromatic rings. The van der Waals surface area contributed by atoms with Crippen LogP contribution in [0.5, 0.6) is 5.75 Å². The Bertz CT molecular complexity index is 524. The van der Waals surface area contributed by atoms with Crippen molar-refractivity contribution in [2.45, 2.75) is 70.4 Å². The van der Waals surface area contributed by atoms with Crippen molar-refractivity contribution in [1.82, 2.24) is 4.90 Å². The van der Waals surface area contributed by atoms with Crippen molar-refractivity contribution in [2.75, 3.05) is 19.7 Å². The Hall–Kier alpha value is -1.06. The van der Waals surface area contributed by atoms with Crippen LogP contribution in [0.4, 0.5) is 0 Å². The van der Waals surface area contributed by atoms with Crippen molar-refractivity contribution in [2.24, 2.45) is 0 Å². The van der Waals surface area contributed by atoms with Crippen LogP contribution in [-0.4, -0.2) is 41.3 Å². The van der Waals surface area contributed by atoms with Crippen LogP contribution in [0, 0.1) is 13.8 Å². The summed E-state index contributed by atoms with van der Waals surface area (Å²) in [7, 11) is 0. The standard InChI is InChI=1S/C20H31NO2/c1-16-8-9-19(17(2)14-16)23-15-20(22)10-5-12-21(13-11-20)18-6-3-4-7-18/h8-9,14,18,22H,3-7,10-13,15H2,1-2H3/t20-/m0/s1. The minimum atomic E-state index is -0.676. The highest BCUT2D eigenvalue weighted by Crippen LogP contribution is 2.30. The molecule has 1 atom stereocenters. The van der Waals surface area contributed by atoms with E-state index in [0.717, 1.165) is 49.7 Å². The van der Waals surface area contributed by atoms with Gasteiger partial charge in [0.25, 0.3) is 0 Å². The van der Waals surface area contributed by atoms with Crippen LogP contribution >= 0.6 is 0 Å². The highest BCUT2D eigenvalue weighted by Gasteiger charge is 2.33. The zero-order valence-corrected chi connectivity index (χ0v) is 14.7. The lowest BCUT2D eigenvalue weighted by molar-refractivity contribution is -0.0176. The van der Waals surface area contributed by atoms with E-state index in [0.29, 0.717) is 6.61 Å². The molecule has 1 saturated heterocycles. The Kier molecular flexibility index (Phi) is 5.27. The fraction of sp³-hybridized carbons (Fsp3) is 0.700. The zero-order valence-electron chi connectivity index (χ0n) is 14.7. The van der Waals surface area contributed by atoms with Gasteiger partial charge in [-0.1, -0.05) is 30.5 Å². The first-order chi connectivity index (χ1) is 11.1. The van der Waals surface area contributed by atoms with Gasteiger partial charge in [0.1, 0.15) is 12.4 Å². The number of aliphatic hydroxyl groups is 1. The van der Waals surface area contributed by atoms with Crippen LogP contribution in [0.25, 0.3) is 0 Å². The molecule has 2 aliphatic rings. The molecule has 1 N–H and O–H groups in total. The van der Waals surface area contributed by atoms with Crippen LogP contribution < -0.4 is 4.74 Å². The van der Waals surface area contributed by atoms with Crippen molar-refractivity contribution in [3.8, 4) is 5.75 Å². The van der Waals surface area contributed by atoms with E-state index < -0.39 is 5.60 Å². The third-order valence-corrected chi connectivity index (χ3v) is 5.62. The van der Waals surface area contributed by atoms with Gasteiger partial charge in [0.15, 0.2) is 0 Å². The van der Waals surface area contributed by atoms with Gasteiger partial charge in [-0.2, -0.15) is 0 Å². The highest BCUT2D eigenvalue weighted by molar-refractivity contribution is 5.35. The summed E-state index contributed by atoms with van der Waals surface area (Å²) in [6.07, 6.45) is 8.19. The number of benzene rings is 1. The second-order valence-electron chi connectivity index (χ2n) is 7.61. The molecule has 0 unspecified atom stereocenters. The van der Waals surface area contributed by atoms with E-state index in [2.05, 4.69) is 30.9 Å². The van der Waals surface area contributed by atoms with E-state index in [-0.39, 0.29) is 0 Å². The quantitative estimate of drug-likeness (QED) is 0.916. The van der Waals surface area contributed by atoms with Crippen LogP contribution in [0.1, 0.15) is 56.1 Å². The van der Waals surface area contributed by atoms with E-state index in [9.17, 15) is 5.11 Å². The molecule has 128 valence electrons. The van der Waals surface area contributed by atoms with Crippen molar-refractivity contribution < 1.29 is 9.84 Å². The van der Waals surface area contributed by atoms with Gasteiger partial charge in [-0.25, -0.2) is 0 Å². The van der Waals surface area contributed by atoms with Gasteiger partial charge in [0.05, 0.1) is 5.60 Å². The summed E-state index contributed by atoms with van der Waals surface area (Å²) in [5, 5.41) is 11.0. The summed E-state index contributed by atoms with van der Waals surface area (Å²) >= 11 is 0. The molecule has 0 radical (unpaired) electrons. The van der Waals surface area contributed by atoms with Crippen molar-refractivity contribution in [1.29, 1.82) is 0 Å². The van der Waals surface area contributed by atoms with Crippen molar-refractivity contribution >= 4 is 0 Å². The summed E-state index contributed by atoms with van der Waals surface area (Å²) in [5.74, 6) is 0.904. The largest absolute Gasteiger partial charge is 0.490 e. The fourth-order valence-electron chi connectivity index (χ4n) is 4.15. The van der Waals surface area contributed by atoms with Crippen LogP contribution in [-0.2, 0) is 0 Å². The predicted molar refractivity (Wildman–Crippen MR) is 94.0 cm³/mol. The summed E-state index contributed by atoms with van der Waals surface area (Å²) in [4.78, 5) is 2.61. The van der Waals surface area contributed by atoms with Gasteiger partial charge < -0.3 is 14.7 Å². The van der Waals surface area contributed by atoms with E-state index in [4.69, 9.17) is 4.74 Å². The van der Waals surface area contributed by atoms with E-state index >= 15 is 0 Å². The Labute approximate surface area is 140 Å². The van der Waals surface area contributed by atoms with Gasteiger partial charge in [-0.15, -0.1) is 0 Å². The molecule has 1 aliphatic carbocycles. The van der Waals surface area contributed by atoms with Gasteiger partial charge >= 0.3 is 0 Å². The maximum absolute atomic E-state index is 11.0. The second-order valence-corrected chi connectivity index (χ2v) is 7.61. The molecular formula is C20H31NO2. The second kappa shape index (κ2) is 7.23. The summed E-state index contributed by atoms with van der Waals surface area (Å²) in [5.41, 5.74) is 1.72. The lowest BCUT2D eigenvalue weighted by Crippen LogP contribution is -2.39. The van der Waals surface area contributed by atoms with Crippen LogP contribution in [0.15, 0.2) is 18.2 Å². The molecule has 23 heavy (non-hydrogen) atoms. The SMILES string of the molecule is Cc1ccc(OC[C@]2(O)CCCN(C3CCCC3)CC2)c(C)c1. The van der Waals surface area contributed by atoms with Crippen LogP contribution in [0.3, 0.4) is 0 Å².